The number of imidazole rings is 1. The molecule has 1 aliphatic heterocycles. The van der Waals surface area contributed by atoms with Crippen LogP contribution in [0.1, 0.15) is 36.0 Å². The van der Waals surface area contributed by atoms with Gasteiger partial charge in [0.05, 0.1) is 11.7 Å². The fourth-order valence-corrected chi connectivity index (χ4v) is 5.03. The maximum absolute atomic E-state index is 12.9. The van der Waals surface area contributed by atoms with Crippen molar-refractivity contribution in [3.63, 3.8) is 0 Å². The first-order valence-electron chi connectivity index (χ1n) is 9.49. The van der Waals surface area contributed by atoms with Crippen LogP contribution in [0.25, 0.3) is 5.82 Å². The van der Waals surface area contributed by atoms with Crippen LogP contribution in [-0.2, 0) is 17.6 Å². The molecule has 0 saturated heterocycles. The van der Waals surface area contributed by atoms with Crippen molar-refractivity contribution in [1.29, 1.82) is 0 Å². The number of amides is 1. The van der Waals surface area contributed by atoms with Crippen molar-refractivity contribution in [2.45, 2.75) is 43.8 Å². The third kappa shape index (κ3) is 3.23. The molecular weight excluding hydrogens is 390 g/mol. The topological polar surface area (TPSA) is 108 Å². The number of fused-ring (bicyclic) bond motifs is 2. The van der Waals surface area contributed by atoms with Crippen molar-refractivity contribution in [2.24, 2.45) is 0 Å². The van der Waals surface area contributed by atoms with Crippen molar-refractivity contribution < 1.29 is 4.79 Å². The van der Waals surface area contributed by atoms with Crippen LogP contribution in [0.5, 0.6) is 0 Å². The summed E-state index contributed by atoms with van der Waals surface area (Å²) in [4.78, 5) is 42.7. The van der Waals surface area contributed by atoms with Gasteiger partial charge >= 0.3 is 0 Å². The molecule has 3 aromatic rings. The molecule has 1 aliphatic carbocycles. The molecule has 3 aromatic heterocycles. The van der Waals surface area contributed by atoms with Gasteiger partial charge in [0.1, 0.15) is 23.8 Å². The molecule has 10 heteroatoms. The van der Waals surface area contributed by atoms with Crippen molar-refractivity contribution in [1.82, 2.24) is 29.1 Å². The Bertz CT molecular complexity index is 1170. The molecule has 1 amide bonds. The Morgan fingerprint density at radius 1 is 1.31 bits per heavy atom. The highest BCUT2D eigenvalue weighted by atomic mass is 32.2. The molecule has 0 saturated carbocycles. The Labute approximate surface area is 170 Å². The minimum absolute atomic E-state index is 0.0187. The van der Waals surface area contributed by atoms with Crippen LogP contribution in [0.3, 0.4) is 0 Å². The van der Waals surface area contributed by atoms with Crippen LogP contribution in [0.2, 0.25) is 0 Å². The Balaban J connectivity index is 1.33. The third-order valence-electron chi connectivity index (χ3n) is 5.29. The molecule has 0 aromatic carbocycles. The van der Waals surface area contributed by atoms with E-state index in [1.807, 2.05) is 11.5 Å². The summed E-state index contributed by atoms with van der Waals surface area (Å²) in [5.41, 5.74) is 1.77. The number of hydrogen-bond donors (Lipinski definition) is 1. The van der Waals surface area contributed by atoms with Crippen molar-refractivity contribution in [2.75, 3.05) is 11.1 Å². The van der Waals surface area contributed by atoms with Crippen molar-refractivity contribution in [3.05, 3.63) is 52.2 Å². The van der Waals surface area contributed by atoms with E-state index in [1.54, 1.807) is 34.8 Å². The number of hydrogen-bond acceptors (Lipinski definition) is 7. The Hall–Kier alpha value is -3.01. The fourth-order valence-electron chi connectivity index (χ4n) is 3.88. The predicted octanol–water partition coefficient (Wildman–Crippen LogP) is 1.69. The molecule has 1 atom stereocenters. The number of aryl methyl sites for hydroxylation is 2. The van der Waals surface area contributed by atoms with Crippen LogP contribution in [0.4, 0.5) is 5.82 Å². The minimum atomic E-state index is -0.196. The second-order valence-corrected chi connectivity index (χ2v) is 8.16. The first-order valence-corrected chi connectivity index (χ1v) is 10.5. The maximum atomic E-state index is 12.9. The Kier molecular flexibility index (Phi) is 4.42. The number of carbonyl (C=O) groups excluding carboxylic acids is 1. The highest BCUT2D eigenvalue weighted by molar-refractivity contribution is 7.99. The molecule has 2 aliphatic rings. The zero-order valence-electron chi connectivity index (χ0n) is 15.8. The molecule has 29 heavy (non-hydrogen) atoms. The van der Waals surface area contributed by atoms with E-state index in [0.29, 0.717) is 17.4 Å². The van der Waals surface area contributed by atoms with Crippen LogP contribution in [0.15, 0.2) is 34.7 Å². The SMILES string of the molecule is Cc1nccn1-c1cc(NC(=O)CC2CSc3nc4c(c(=O)n32)CCC4)ncn1. The van der Waals surface area contributed by atoms with E-state index in [2.05, 4.69) is 25.3 Å². The summed E-state index contributed by atoms with van der Waals surface area (Å²) in [6.45, 7) is 1.87. The van der Waals surface area contributed by atoms with Gasteiger partial charge in [-0.25, -0.2) is 19.9 Å². The quantitative estimate of drug-likeness (QED) is 0.653. The molecule has 148 valence electrons. The highest BCUT2D eigenvalue weighted by Gasteiger charge is 2.31. The summed E-state index contributed by atoms with van der Waals surface area (Å²) in [6.07, 6.45) is 7.72. The summed E-state index contributed by atoms with van der Waals surface area (Å²) in [7, 11) is 0. The summed E-state index contributed by atoms with van der Waals surface area (Å²) < 4.78 is 3.52. The molecule has 9 nitrogen and oxygen atoms in total. The summed E-state index contributed by atoms with van der Waals surface area (Å²) in [5, 5.41) is 3.55. The van der Waals surface area contributed by atoms with Gasteiger partial charge in [-0.05, 0) is 26.2 Å². The lowest BCUT2D eigenvalue weighted by Crippen LogP contribution is -2.30. The van der Waals surface area contributed by atoms with Crippen molar-refractivity contribution >= 4 is 23.5 Å². The zero-order chi connectivity index (χ0) is 20.0. The second kappa shape index (κ2) is 7.11. The predicted molar refractivity (Wildman–Crippen MR) is 107 cm³/mol. The third-order valence-corrected chi connectivity index (χ3v) is 6.38. The number of nitrogens with one attached hydrogen (secondary N) is 1. The first kappa shape index (κ1) is 18.0. The normalized spacial score (nSPS) is 17.2. The number of carbonyl (C=O) groups is 1. The lowest BCUT2D eigenvalue weighted by molar-refractivity contribution is -0.116. The van der Waals surface area contributed by atoms with E-state index >= 15 is 0 Å². The van der Waals surface area contributed by atoms with E-state index in [4.69, 9.17) is 0 Å². The van der Waals surface area contributed by atoms with Gasteiger partial charge in [0.2, 0.25) is 5.91 Å². The molecule has 4 heterocycles. The largest absolute Gasteiger partial charge is 0.310 e. The zero-order valence-corrected chi connectivity index (χ0v) is 16.6. The molecule has 0 radical (unpaired) electrons. The monoisotopic (exact) mass is 409 g/mol. The molecule has 0 bridgehead atoms. The van der Waals surface area contributed by atoms with Crippen LogP contribution < -0.4 is 10.9 Å². The van der Waals surface area contributed by atoms with Gasteiger partial charge in [-0.15, -0.1) is 0 Å². The average molecular weight is 409 g/mol. The van der Waals surface area contributed by atoms with Crippen LogP contribution in [-0.4, -0.2) is 40.7 Å². The number of aromatic nitrogens is 6. The molecule has 1 unspecified atom stereocenters. The second-order valence-electron chi connectivity index (χ2n) is 7.17. The van der Waals surface area contributed by atoms with Gasteiger partial charge in [-0.1, -0.05) is 11.8 Å². The van der Waals surface area contributed by atoms with E-state index in [1.165, 1.54) is 6.33 Å². The maximum Gasteiger partial charge on any atom is 0.257 e. The summed E-state index contributed by atoms with van der Waals surface area (Å²) >= 11 is 1.54. The number of nitrogens with zero attached hydrogens (tertiary/aromatic N) is 6. The molecule has 0 fully saturated rings. The molecule has 0 spiro atoms. The lowest BCUT2D eigenvalue weighted by Gasteiger charge is -2.14. The molecule has 1 N–H and O–H groups in total. The summed E-state index contributed by atoms with van der Waals surface area (Å²) in [6, 6.07) is 1.50. The number of rotatable bonds is 4. The lowest BCUT2D eigenvalue weighted by atomic mass is 10.2. The van der Waals surface area contributed by atoms with Gasteiger partial charge in [0.25, 0.3) is 5.56 Å². The fraction of sp³-hybridized carbons (Fsp3) is 0.368. The number of anilines is 1. The van der Waals surface area contributed by atoms with E-state index in [0.717, 1.165) is 41.5 Å². The van der Waals surface area contributed by atoms with Crippen molar-refractivity contribution in [3.8, 4) is 5.82 Å². The highest BCUT2D eigenvalue weighted by Crippen LogP contribution is 2.34. The van der Waals surface area contributed by atoms with Gasteiger partial charge in [-0.2, -0.15) is 0 Å². The van der Waals surface area contributed by atoms with Gasteiger partial charge in [0.15, 0.2) is 5.16 Å². The summed E-state index contributed by atoms with van der Waals surface area (Å²) in [5.74, 6) is 2.31. The Morgan fingerprint density at radius 3 is 3.03 bits per heavy atom. The van der Waals surface area contributed by atoms with Crippen LogP contribution >= 0.6 is 11.8 Å². The standard InChI is InChI=1S/C19H19N7O2S/c1-11-20-5-6-25(11)16-8-15(21-10-22-16)24-17(27)7-12-9-29-19-23-14-4-2-3-13(14)18(28)26(12)19/h5-6,8,10,12H,2-4,7,9H2,1H3,(H,21,22,24,27). The van der Waals surface area contributed by atoms with Gasteiger partial charge in [-0.3, -0.25) is 18.7 Å². The molecular formula is C19H19N7O2S. The average Bonchev–Trinajstić information content (AvgIpc) is 3.42. The van der Waals surface area contributed by atoms with Gasteiger partial charge in [0, 0.05) is 36.2 Å². The smallest absolute Gasteiger partial charge is 0.257 e. The first-order chi connectivity index (χ1) is 14.1. The molecule has 5 rings (SSSR count). The van der Waals surface area contributed by atoms with E-state index in [-0.39, 0.29) is 23.9 Å². The van der Waals surface area contributed by atoms with Gasteiger partial charge < -0.3 is 5.32 Å². The number of thioether (sulfide) groups is 1. The van der Waals surface area contributed by atoms with E-state index in [9.17, 15) is 9.59 Å². The Morgan fingerprint density at radius 2 is 2.21 bits per heavy atom. The van der Waals surface area contributed by atoms with E-state index < -0.39 is 0 Å². The van der Waals surface area contributed by atoms with Crippen LogP contribution in [0, 0.1) is 6.92 Å². The minimum Gasteiger partial charge on any atom is -0.310 e.